The number of nitrogens with zero attached hydrogens (tertiary/aromatic N) is 4. The summed E-state index contributed by atoms with van der Waals surface area (Å²) >= 11 is 0. The molecule has 1 unspecified atom stereocenters. The second-order valence-corrected chi connectivity index (χ2v) is 4.02. The molecule has 1 atom stereocenters. The van der Waals surface area contributed by atoms with Crippen LogP contribution in [0.2, 0.25) is 0 Å². The maximum absolute atomic E-state index is 4.22. The Balaban J connectivity index is 2.35. The van der Waals surface area contributed by atoms with Gasteiger partial charge in [0.1, 0.15) is 19.1 Å². The lowest BCUT2D eigenvalue weighted by Gasteiger charge is -2.35. The van der Waals surface area contributed by atoms with E-state index in [1.807, 2.05) is 10.9 Å². The van der Waals surface area contributed by atoms with Crippen molar-refractivity contribution in [2.45, 2.75) is 26.4 Å². The van der Waals surface area contributed by atoms with Gasteiger partial charge in [0.25, 0.3) is 0 Å². The summed E-state index contributed by atoms with van der Waals surface area (Å²) in [5.41, 5.74) is 0. The molecular weight excluding hydrogens is 164 g/mol. The lowest BCUT2D eigenvalue weighted by atomic mass is 10.2. The minimum atomic E-state index is 0.571. The van der Waals surface area contributed by atoms with Crippen LogP contribution < -0.4 is 0 Å². The van der Waals surface area contributed by atoms with Crippen LogP contribution in [-0.2, 0) is 6.54 Å². The van der Waals surface area contributed by atoms with Gasteiger partial charge >= 0.3 is 0 Å². The zero-order chi connectivity index (χ0) is 9.47. The topological polar surface area (TPSA) is 30.7 Å². The van der Waals surface area contributed by atoms with Crippen molar-refractivity contribution < 1.29 is 4.48 Å². The normalized spacial score (nSPS) is 26.5. The van der Waals surface area contributed by atoms with Gasteiger partial charge in [-0.05, 0) is 13.8 Å². The summed E-state index contributed by atoms with van der Waals surface area (Å²) in [4.78, 5) is 4.22. The van der Waals surface area contributed by atoms with Gasteiger partial charge in [-0.15, -0.1) is 0 Å². The molecule has 2 rings (SSSR count). The van der Waals surface area contributed by atoms with Gasteiger partial charge in [-0.25, -0.2) is 9.67 Å². The number of fused-ring (bicyclic) bond motifs is 1. The first-order valence-corrected chi connectivity index (χ1v) is 4.54. The largest absolute Gasteiger partial charge is 0.290 e. The monoisotopic (exact) mass is 179 g/mol. The molecule has 0 spiro atoms. The second kappa shape index (κ2) is 2.67. The van der Waals surface area contributed by atoms with Crippen molar-refractivity contribution in [2.24, 2.45) is 0 Å². The van der Waals surface area contributed by atoms with Crippen LogP contribution in [0.3, 0.4) is 0 Å². The van der Waals surface area contributed by atoms with E-state index in [-0.39, 0.29) is 0 Å². The molecule has 4 nitrogen and oxygen atoms in total. The fourth-order valence-electron chi connectivity index (χ4n) is 1.44. The molecule has 0 amide bonds. The van der Waals surface area contributed by atoms with Gasteiger partial charge in [-0.1, -0.05) is 0 Å². The molecule has 0 aliphatic carbocycles. The molecule has 0 radical (unpaired) electrons. The lowest BCUT2D eigenvalue weighted by molar-refractivity contribution is -0.895. The van der Waals surface area contributed by atoms with Gasteiger partial charge in [0.05, 0.1) is 19.3 Å². The highest BCUT2D eigenvalue weighted by Gasteiger charge is 2.29. The van der Waals surface area contributed by atoms with Crippen molar-refractivity contribution >= 4 is 6.20 Å². The minimum Gasteiger partial charge on any atom is -0.290 e. The van der Waals surface area contributed by atoms with Crippen molar-refractivity contribution in [3.05, 3.63) is 18.4 Å². The van der Waals surface area contributed by atoms with E-state index in [9.17, 15) is 0 Å². The van der Waals surface area contributed by atoms with Crippen LogP contribution >= 0.6 is 0 Å². The lowest BCUT2D eigenvalue weighted by Crippen LogP contribution is -2.46. The molecule has 0 bridgehead atoms. The maximum atomic E-state index is 4.22. The fraction of sp³-hybridized carbons (Fsp3) is 0.556. The molecule has 1 aromatic rings. The van der Waals surface area contributed by atoms with Gasteiger partial charge in [0.2, 0.25) is 0 Å². The zero-order valence-electron chi connectivity index (χ0n) is 8.31. The van der Waals surface area contributed by atoms with Crippen LogP contribution in [-0.4, -0.2) is 32.3 Å². The van der Waals surface area contributed by atoms with Gasteiger partial charge in [0, 0.05) is 0 Å². The first-order chi connectivity index (χ1) is 6.12. The third-order valence-electron chi connectivity index (χ3n) is 2.86. The third kappa shape index (κ3) is 1.27. The van der Waals surface area contributed by atoms with E-state index >= 15 is 0 Å². The third-order valence-corrected chi connectivity index (χ3v) is 2.86. The molecule has 0 saturated carbocycles. The highest BCUT2D eigenvalue weighted by molar-refractivity contribution is 5.20. The predicted molar refractivity (Wildman–Crippen MR) is 50.4 cm³/mol. The number of quaternary nitrogens is 1. The number of hydrogen-bond donors (Lipinski definition) is 0. The van der Waals surface area contributed by atoms with E-state index in [0.717, 1.165) is 16.9 Å². The Morgan fingerprint density at radius 3 is 3.00 bits per heavy atom. The Morgan fingerprint density at radius 2 is 2.31 bits per heavy atom. The molecule has 0 N–H and O–H groups in total. The summed E-state index contributed by atoms with van der Waals surface area (Å²) in [5.74, 6) is 1.04. The zero-order valence-corrected chi connectivity index (χ0v) is 8.31. The van der Waals surface area contributed by atoms with Crippen LogP contribution in [0.25, 0.3) is 6.20 Å². The Kier molecular flexibility index (Phi) is 1.73. The van der Waals surface area contributed by atoms with Crippen LogP contribution in [0.1, 0.15) is 19.7 Å². The molecule has 0 aromatic carbocycles. The molecule has 13 heavy (non-hydrogen) atoms. The van der Waals surface area contributed by atoms with Gasteiger partial charge in [-0.2, -0.15) is 5.10 Å². The molecular formula is C9H15N4+. The SMILES string of the molecule is CC(C)[N+]1(C)C=Cn2ncnc2C1. The predicted octanol–water partition coefficient (Wildman–Crippen LogP) is 1.07. The van der Waals surface area contributed by atoms with Crippen molar-refractivity contribution in [2.75, 3.05) is 7.05 Å². The van der Waals surface area contributed by atoms with Gasteiger partial charge in [-0.3, -0.25) is 4.48 Å². The molecule has 1 aromatic heterocycles. The summed E-state index contributed by atoms with van der Waals surface area (Å²) in [7, 11) is 2.21. The number of hydrogen-bond acceptors (Lipinski definition) is 2. The van der Waals surface area contributed by atoms with Crippen molar-refractivity contribution in [3.63, 3.8) is 0 Å². The quantitative estimate of drug-likeness (QED) is 0.604. The van der Waals surface area contributed by atoms with Crippen LogP contribution in [0.15, 0.2) is 12.5 Å². The van der Waals surface area contributed by atoms with Gasteiger partial charge in [0.15, 0.2) is 5.82 Å². The average molecular weight is 179 g/mol. The highest BCUT2D eigenvalue weighted by Crippen LogP contribution is 2.20. The van der Waals surface area contributed by atoms with Crippen molar-refractivity contribution in [1.82, 2.24) is 14.8 Å². The summed E-state index contributed by atoms with van der Waals surface area (Å²) in [6, 6.07) is 0.571. The second-order valence-electron chi connectivity index (χ2n) is 4.02. The fourth-order valence-corrected chi connectivity index (χ4v) is 1.44. The van der Waals surface area contributed by atoms with E-state index in [1.165, 1.54) is 0 Å². The van der Waals surface area contributed by atoms with Crippen molar-refractivity contribution in [3.8, 4) is 0 Å². The number of rotatable bonds is 1. The number of aromatic nitrogens is 3. The Labute approximate surface area is 78.1 Å². The highest BCUT2D eigenvalue weighted by atomic mass is 15.4. The first-order valence-electron chi connectivity index (χ1n) is 4.54. The van der Waals surface area contributed by atoms with E-state index in [0.29, 0.717) is 6.04 Å². The molecule has 2 heterocycles. The Morgan fingerprint density at radius 1 is 1.54 bits per heavy atom. The molecule has 0 fully saturated rings. The molecule has 1 aliphatic heterocycles. The molecule has 4 heteroatoms. The van der Waals surface area contributed by atoms with Gasteiger partial charge < -0.3 is 0 Å². The van der Waals surface area contributed by atoms with E-state index in [1.54, 1.807) is 6.33 Å². The molecule has 1 aliphatic rings. The Bertz CT molecular complexity index is 339. The molecule has 0 saturated heterocycles. The van der Waals surface area contributed by atoms with Crippen LogP contribution in [0, 0.1) is 0 Å². The van der Waals surface area contributed by atoms with Crippen molar-refractivity contribution in [1.29, 1.82) is 0 Å². The summed E-state index contributed by atoms with van der Waals surface area (Å²) in [5, 5.41) is 4.09. The van der Waals surface area contributed by atoms with Crippen LogP contribution in [0.5, 0.6) is 0 Å². The van der Waals surface area contributed by atoms with E-state index < -0.39 is 0 Å². The maximum Gasteiger partial charge on any atom is 0.187 e. The average Bonchev–Trinajstić information content (AvgIpc) is 2.50. The first kappa shape index (κ1) is 8.44. The summed E-state index contributed by atoms with van der Waals surface area (Å²) in [6.45, 7) is 5.36. The molecule has 70 valence electrons. The Hall–Kier alpha value is -1.16. The standard InChI is InChI=1S/C9H15N4/c1-8(2)13(3)5-4-12-9(6-13)10-7-11-12/h4-5,7-8H,6H2,1-3H3/q+1. The summed E-state index contributed by atoms with van der Waals surface area (Å²) < 4.78 is 2.74. The van der Waals surface area contributed by atoms with E-state index in [4.69, 9.17) is 0 Å². The van der Waals surface area contributed by atoms with Crippen LogP contribution in [0.4, 0.5) is 0 Å². The minimum absolute atomic E-state index is 0.571. The van der Waals surface area contributed by atoms with E-state index in [2.05, 4.69) is 37.2 Å². The summed E-state index contributed by atoms with van der Waals surface area (Å²) in [6.07, 6.45) is 5.77. The smallest absolute Gasteiger partial charge is 0.187 e.